The Kier molecular flexibility index (Phi) is 4.25. The SMILES string of the molecule is CC12CCC(C(=O)N3CCCCCC3)(c3nc4cc(Cl)c(Cl)cc4nc31)C2(C)C. The molecule has 2 aromatic rings. The third kappa shape index (κ3) is 2.36. The number of halogens is 2. The highest BCUT2D eigenvalue weighted by molar-refractivity contribution is 6.42. The van der Waals surface area contributed by atoms with Gasteiger partial charge in [-0.15, -0.1) is 0 Å². The van der Waals surface area contributed by atoms with Crippen LogP contribution >= 0.6 is 23.2 Å². The maximum atomic E-state index is 14.1. The first-order chi connectivity index (χ1) is 13.7. The van der Waals surface area contributed by atoms with Gasteiger partial charge in [0.05, 0.1) is 37.9 Å². The summed E-state index contributed by atoms with van der Waals surface area (Å²) in [6, 6.07) is 3.57. The molecule has 1 aromatic heterocycles. The van der Waals surface area contributed by atoms with E-state index >= 15 is 0 Å². The van der Waals surface area contributed by atoms with Gasteiger partial charge in [0.2, 0.25) is 5.91 Å². The molecular formula is C23H27Cl2N3O. The lowest BCUT2D eigenvalue weighted by Gasteiger charge is -2.42. The third-order valence-corrected chi connectivity index (χ3v) is 9.06. The second-order valence-electron chi connectivity index (χ2n) is 9.74. The van der Waals surface area contributed by atoms with Gasteiger partial charge >= 0.3 is 0 Å². The van der Waals surface area contributed by atoms with Gasteiger partial charge in [0.1, 0.15) is 0 Å². The van der Waals surface area contributed by atoms with Crippen LogP contribution in [0.3, 0.4) is 0 Å². The highest BCUT2D eigenvalue weighted by atomic mass is 35.5. The average molecular weight is 432 g/mol. The van der Waals surface area contributed by atoms with Crippen LogP contribution in [0.1, 0.15) is 70.7 Å². The second kappa shape index (κ2) is 6.31. The van der Waals surface area contributed by atoms with Crippen molar-refractivity contribution < 1.29 is 4.79 Å². The van der Waals surface area contributed by atoms with E-state index < -0.39 is 5.41 Å². The van der Waals surface area contributed by atoms with Gasteiger partial charge in [-0.2, -0.15) is 0 Å². The van der Waals surface area contributed by atoms with Gasteiger partial charge in [-0.05, 0) is 43.2 Å². The van der Waals surface area contributed by atoms with Crippen LogP contribution in [0.2, 0.25) is 10.0 Å². The normalized spacial score (nSPS) is 30.4. The van der Waals surface area contributed by atoms with Crippen LogP contribution in [0.5, 0.6) is 0 Å². The molecule has 5 rings (SSSR count). The zero-order chi connectivity index (χ0) is 20.6. The molecule has 1 aliphatic heterocycles. The average Bonchev–Trinajstić information content (AvgIpc) is 2.90. The van der Waals surface area contributed by atoms with Crippen molar-refractivity contribution in [3.63, 3.8) is 0 Å². The fourth-order valence-corrected chi connectivity index (χ4v) is 6.43. The molecule has 3 aliphatic rings. The molecular weight excluding hydrogens is 405 g/mol. The number of carbonyl (C=O) groups is 1. The summed E-state index contributed by atoms with van der Waals surface area (Å²) >= 11 is 12.5. The molecule has 2 bridgehead atoms. The Labute approximate surface area is 182 Å². The highest BCUT2D eigenvalue weighted by Gasteiger charge is 2.73. The molecule has 2 atom stereocenters. The first-order valence-electron chi connectivity index (χ1n) is 10.7. The zero-order valence-corrected chi connectivity index (χ0v) is 18.8. The van der Waals surface area contributed by atoms with Crippen molar-refractivity contribution >= 4 is 40.1 Å². The molecule has 0 radical (unpaired) electrons. The molecule has 6 heteroatoms. The van der Waals surface area contributed by atoms with Gasteiger partial charge in [-0.1, -0.05) is 56.8 Å². The number of hydrogen-bond acceptors (Lipinski definition) is 3. The molecule has 29 heavy (non-hydrogen) atoms. The number of fused-ring (bicyclic) bond motifs is 6. The van der Waals surface area contributed by atoms with Gasteiger partial charge in [0.25, 0.3) is 0 Å². The number of nitrogens with zero attached hydrogens (tertiary/aromatic N) is 3. The summed E-state index contributed by atoms with van der Waals surface area (Å²) in [5, 5.41) is 0.950. The van der Waals surface area contributed by atoms with Crippen molar-refractivity contribution in [2.24, 2.45) is 5.41 Å². The predicted molar refractivity (Wildman–Crippen MR) is 117 cm³/mol. The molecule has 4 nitrogen and oxygen atoms in total. The number of carbonyl (C=O) groups excluding carboxylic acids is 1. The lowest BCUT2D eigenvalue weighted by molar-refractivity contribution is -0.141. The van der Waals surface area contributed by atoms with E-state index in [0.29, 0.717) is 15.6 Å². The number of aromatic nitrogens is 2. The van der Waals surface area contributed by atoms with Crippen LogP contribution in [-0.2, 0) is 15.6 Å². The summed E-state index contributed by atoms with van der Waals surface area (Å²) in [7, 11) is 0. The Morgan fingerprint density at radius 2 is 1.45 bits per heavy atom. The molecule has 2 fully saturated rings. The summed E-state index contributed by atoms with van der Waals surface area (Å²) in [4.78, 5) is 26.3. The van der Waals surface area contributed by atoms with E-state index in [9.17, 15) is 4.79 Å². The topological polar surface area (TPSA) is 46.1 Å². The quantitative estimate of drug-likeness (QED) is 0.584. The van der Waals surface area contributed by atoms with Crippen LogP contribution in [0.15, 0.2) is 12.1 Å². The second-order valence-corrected chi connectivity index (χ2v) is 10.6. The van der Waals surface area contributed by atoms with Crippen molar-refractivity contribution in [2.45, 2.75) is 70.1 Å². The molecule has 1 amide bonds. The van der Waals surface area contributed by atoms with Gasteiger partial charge < -0.3 is 4.90 Å². The minimum absolute atomic E-state index is 0.183. The monoisotopic (exact) mass is 431 g/mol. The summed E-state index contributed by atoms with van der Waals surface area (Å²) in [6.45, 7) is 8.44. The van der Waals surface area contributed by atoms with Gasteiger partial charge in [-0.3, -0.25) is 4.79 Å². The Bertz CT molecular complexity index is 1030. The fraction of sp³-hybridized carbons (Fsp3) is 0.609. The van der Waals surface area contributed by atoms with Crippen LogP contribution in [-0.4, -0.2) is 33.9 Å². The van der Waals surface area contributed by atoms with E-state index in [1.807, 2.05) is 0 Å². The van der Waals surface area contributed by atoms with Gasteiger partial charge in [-0.25, -0.2) is 9.97 Å². The molecule has 154 valence electrons. The van der Waals surface area contributed by atoms with Crippen molar-refractivity contribution in [2.75, 3.05) is 13.1 Å². The lowest BCUT2D eigenvalue weighted by atomic mass is 9.63. The Morgan fingerprint density at radius 1 is 0.897 bits per heavy atom. The van der Waals surface area contributed by atoms with E-state index in [-0.39, 0.29) is 16.7 Å². The summed E-state index contributed by atoms with van der Waals surface area (Å²) in [5.74, 6) is 0.251. The minimum Gasteiger partial charge on any atom is -0.342 e. The van der Waals surface area contributed by atoms with Crippen molar-refractivity contribution in [1.29, 1.82) is 0 Å². The molecule has 0 spiro atoms. The maximum absolute atomic E-state index is 14.1. The first-order valence-corrected chi connectivity index (χ1v) is 11.5. The maximum Gasteiger partial charge on any atom is 0.235 e. The van der Waals surface area contributed by atoms with Crippen molar-refractivity contribution in [3.8, 4) is 0 Å². The molecule has 1 saturated heterocycles. The van der Waals surface area contributed by atoms with Gasteiger partial charge in [0, 0.05) is 18.5 Å². The Balaban J connectivity index is 1.73. The van der Waals surface area contributed by atoms with E-state index in [0.717, 1.165) is 55.7 Å². The number of likely N-dealkylation sites (tertiary alicyclic amines) is 1. The van der Waals surface area contributed by atoms with Crippen LogP contribution in [0.25, 0.3) is 11.0 Å². The largest absolute Gasteiger partial charge is 0.342 e. The number of rotatable bonds is 1. The standard InChI is InChI=1S/C23H27Cl2N3O/c1-21(2)22(3)8-9-23(21,20(29)28-10-6-4-5-7-11-28)19-18(22)26-16-12-14(24)15(25)13-17(16)27-19/h12-13H,4-11H2,1-3H3. The molecule has 2 heterocycles. The van der Waals surface area contributed by atoms with E-state index in [4.69, 9.17) is 33.2 Å². The van der Waals surface area contributed by atoms with E-state index in [2.05, 4.69) is 25.7 Å². The predicted octanol–water partition coefficient (Wildman–Crippen LogP) is 5.67. The van der Waals surface area contributed by atoms with Crippen molar-refractivity contribution in [1.82, 2.24) is 14.9 Å². The van der Waals surface area contributed by atoms with Crippen LogP contribution < -0.4 is 0 Å². The third-order valence-electron chi connectivity index (χ3n) is 8.34. The van der Waals surface area contributed by atoms with Gasteiger partial charge in [0.15, 0.2) is 0 Å². The Morgan fingerprint density at radius 3 is 2.03 bits per heavy atom. The van der Waals surface area contributed by atoms with Crippen LogP contribution in [0.4, 0.5) is 0 Å². The first kappa shape index (κ1) is 19.6. The number of amides is 1. The highest BCUT2D eigenvalue weighted by Crippen LogP contribution is 2.70. The fourth-order valence-electron chi connectivity index (χ4n) is 6.12. The number of benzene rings is 1. The summed E-state index contributed by atoms with van der Waals surface area (Å²) in [6.07, 6.45) is 6.37. The smallest absolute Gasteiger partial charge is 0.235 e. The lowest BCUT2D eigenvalue weighted by Crippen LogP contribution is -2.53. The number of hydrogen-bond donors (Lipinski definition) is 0. The molecule has 0 N–H and O–H groups in total. The molecule has 2 unspecified atom stereocenters. The summed E-state index contributed by atoms with van der Waals surface area (Å²) in [5.41, 5.74) is 2.26. The van der Waals surface area contributed by atoms with Crippen molar-refractivity contribution in [3.05, 3.63) is 33.6 Å². The van der Waals surface area contributed by atoms with Crippen LogP contribution in [0, 0.1) is 5.41 Å². The van der Waals surface area contributed by atoms with E-state index in [1.54, 1.807) is 12.1 Å². The van der Waals surface area contributed by atoms with E-state index in [1.165, 1.54) is 12.8 Å². The Hall–Kier alpha value is -1.39. The molecule has 2 aliphatic carbocycles. The molecule has 1 aromatic carbocycles. The summed E-state index contributed by atoms with van der Waals surface area (Å²) < 4.78 is 0. The zero-order valence-electron chi connectivity index (χ0n) is 17.3. The molecule has 1 saturated carbocycles. The minimum atomic E-state index is -0.616.